The molecule has 5 rings (SSSR count). The fourth-order valence-electron chi connectivity index (χ4n) is 4.95. The molecular weight excluding hydrogens is 610 g/mol. The van der Waals surface area contributed by atoms with E-state index in [1.54, 1.807) is 48.5 Å². The molecule has 0 radical (unpaired) electrons. The molecule has 1 aliphatic rings. The minimum atomic E-state index is -0.559. The van der Waals surface area contributed by atoms with Crippen molar-refractivity contribution >= 4 is 46.2 Å². The first-order valence-electron chi connectivity index (χ1n) is 15.9. The number of nitrogens with one attached hydrogen (secondary N) is 1. The summed E-state index contributed by atoms with van der Waals surface area (Å²) < 4.78 is 17.3. The molecule has 1 aromatic heterocycles. The van der Waals surface area contributed by atoms with Crippen molar-refractivity contribution in [2.24, 2.45) is 15.5 Å². The van der Waals surface area contributed by atoms with E-state index in [9.17, 15) is 9.59 Å². The molecule has 248 valence electrons. The molecule has 0 saturated heterocycles. The van der Waals surface area contributed by atoms with Gasteiger partial charge in [0, 0.05) is 54.6 Å². The maximum Gasteiger partial charge on any atom is 0.437 e. The number of nitrogens with zero attached hydrogens (tertiary/aromatic N) is 6. The van der Waals surface area contributed by atoms with Crippen LogP contribution < -0.4 is 9.89 Å². The Balaban J connectivity index is 1.38. The van der Waals surface area contributed by atoms with Crippen LogP contribution in [0.1, 0.15) is 50.8 Å². The van der Waals surface area contributed by atoms with Crippen LogP contribution >= 0.6 is 0 Å². The summed E-state index contributed by atoms with van der Waals surface area (Å²) in [5, 5.41) is 12.8. The van der Waals surface area contributed by atoms with Crippen LogP contribution in [0.2, 0.25) is 0 Å². The molecule has 12 heteroatoms. The number of hydrogen-bond donors (Lipinski definition) is 1. The van der Waals surface area contributed by atoms with Gasteiger partial charge >= 0.3 is 12.0 Å². The maximum atomic E-state index is 12.8. The Bertz CT molecular complexity index is 1850. The first-order chi connectivity index (χ1) is 23.2. The normalized spacial score (nSPS) is 13.2. The molecule has 2 heterocycles. The average Bonchev–Trinajstić information content (AvgIpc) is 3.66. The van der Waals surface area contributed by atoms with Crippen LogP contribution in [-0.2, 0) is 19.0 Å². The number of aromatic nitrogens is 3. The molecule has 0 bridgehead atoms. The number of benzene rings is 3. The smallest absolute Gasteiger partial charge is 0.437 e. The van der Waals surface area contributed by atoms with E-state index < -0.39 is 5.97 Å². The van der Waals surface area contributed by atoms with E-state index in [-0.39, 0.29) is 24.2 Å². The summed E-state index contributed by atoms with van der Waals surface area (Å²) in [6.45, 7) is 13.0. The van der Waals surface area contributed by atoms with Crippen molar-refractivity contribution < 1.29 is 23.8 Å². The molecule has 0 unspecified atom stereocenters. The second-order valence-electron chi connectivity index (χ2n) is 11.8. The van der Waals surface area contributed by atoms with E-state index in [0.717, 1.165) is 23.6 Å². The molecule has 0 fully saturated rings. The second-order valence-corrected chi connectivity index (χ2v) is 11.8. The molecule has 1 N–H and O–H groups in total. The van der Waals surface area contributed by atoms with Crippen molar-refractivity contribution in [3.63, 3.8) is 0 Å². The van der Waals surface area contributed by atoms with Crippen molar-refractivity contribution in [1.29, 1.82) is 0 Å². The predicted octanol–water partition coefficient (Wildman–Crippen LogP) is 6.14. The Morgan fingerprint density at radius 2 is 1.65 bits per heavy atom. The van der Waals surface area contributed by atoms with E-state index in [4.69, 9.17) is 29.3 Å². The van der Waals surface area contributed by atoms with E-state index in [0.29, 0.717) is 54.1 Å². The van der Waals surface area contributed by atoms with Crippen LogP contribution in [0.3, 0.4) is 0 Å². The number of ether oxygens (including phenoxy) is 3. The van der Waals surface area contributed by atoms with Crippen molar-refractivity contribution in [1.82, 2.24) is 19.4 Å². The van der Waals surface area contributed by atoms with Gasteiger partial charge in [0.05, 0.1) is 24.6 Å². The van der Waals surface area contributed by atoms with Gasteiger partial charge in [0.25, 0.3) is 0 Å². The highest BCUT2D eigenvalue weighted by atomic mass is 16.6. The lowest BCUT2D eigenvalue weighted by atomic mass is 9.87. The fraction of sp³-hybridized carbons (Fsp3) is 0.333. The lowest BCUT2D eigenvalue weighted by molar-refractivity contribution is 0.0336. The zero-order valence-electron chi connectivity index (χ0n) is 27.9. The molecule has 1 aliphatic heterocycles. The molecule has 0 atom stereocenters. The zero-order chi connectivity index (χ0) is 34.1. The second kappa shape index (κ2) is 15.5. The summed E-state index contributed by atoms with van der Waals surface area (Å²) in [5.41, 5.74) is 4.68. The Morgan fingerprint density at radius 3 is 2.33 bits per heavy atom. The van der Waals surface area contributed by atoms with Gasteiger partial charge in [-0.1, -0.05) is 37.5 Å². The van der Waals surface area contributed by atoms with Gasteiger partial charge in [0.2, 0.25) is 17.2 Å². The first-order valence-corrected chi connectivity index (χ1v) is 15.9. The van der Waals surface area contributed by atoms with Gasteiger partial charge < -0.3 is 19.5 Å². The number of aliphatic imine (C=N–C) groups is 1. The van der Waals surface area contributed by atoms with Gasteiger partial charge in [-0.3, -0.25) is 0 Å². The highest BCUT2D eigenvalue weighted by Crippen LogP contribution is 2.30. The summed E-state index contributed by atoms with van der Waals surface area (Å²) in [4.78, 5) is 36.3. The van der Waals surface area contributed by atoms with Gasteiger partial charge in [0.1, 0.15) is 17.9 Å². The number of rotatable bonds is 14. The third kappa shape index (κ3) is 7.98. The first kappa shape index (κ1) is 34.1. The lowest BCUT2D eigenvalue weighted by Crippen LogP contribution is -2.27. The van der Waals surface area contributed by atoms with Crippen molar-refractivity contribution in [3.05, 3.63) is 84.2 Å². The number of fused-ring (bicyclic) bond motifs is 1. The van der Waals surface area contributed by atoms with Crippen LogP contribution in [0.25, 0.3) is 11.4 Å². The Kier molecular flexibility index (Phi) is 11.0. The van der Waals surface area contributed by atoms with Crippen molar-refractivity contribution in [3.8, 4) is 11.4 Å². The maximum absolute atomic E-state index is 12.8. The van der Waals surface area contributed by atoms with Crippen LogP contribution in [0, 0.1) is 5.41 Å². The van der Waals surface area contributed by atoms with Gasteiger partial charge in [-0.05, 0) is 56.3 Å². The van der Waals surface area contributed by atoms with Crippen molar-refractivity contribution in [2.45, 2.75) is 34.6 Å². The van der Waals surface area contributed by atoms with E-state index in [1.165, 1.54) is 9.37 Å². The molecule has 0 amide bonds. The number of esters is 1. The number of para-hydroxylation sites is 1. The summed E-state index contributed by atoms with van der Waals surface area (Å²) in [7, 11) is 0. The topological polar surface area (TPSA) is 132 Å². The molecule has 48 heavy (non-hydrogen) atoms. The molecule has 0 saturated carbocycles. The van der Waals surface area contributed by atoms with Gasteiger partial charge in [-0.15, -0.1) is 9.89 Å². The standard InChI is InChI=1S/C36H40N7O5/c1-6-46-21-20-37-26-14-16-27(17-15-26)38-31-32(36(3,4)5)40-43-34(31)39-33(41-43)25-12-18-28(19-13-25)42(24-44)30-11-9-8-10-29(30)35(45)48-23-22-47-7-2/h8-19,37H,6-7,20-23H2,1-5H3/q+1. The van der Waals surface area contributed by atoms with Gasteiger partial charge in [-0.25, -0.2) is 14.8 Å². The SMILES string of the molecule is CCOCCNc1ccc(N=C2C(C(C)(C)C)=Nn3nc(-c4ccc([N+](=C=O)c5ccccc5C(=O)OCCOCC)cc4)nc32)cc1. The van der Waals surface area contributed by atoms with Crippen LogP contribution in [-0.4, -0.2) is 77.9 Å². The third-order valence-electron chi connectivity index (χ3n) is 7.32. The minimum absolute atomic E-state index is 0.106. The molecular formula is C36H40N7O5+. The summed E-state index contributed by atoms with van der Waals surface area (Å²) in [5.74, 6) is 0.434. The number of carbonyl (C=O) groups is 1. The largest absolute Gasteiger partial charge is 0.459 e. The zero-order valence-corrected chi connectivity index (χ0v) is 27.9. The molecule has 0 spiro atoms. The quantitative estimate of drug-likeness (QED) is 0.0566. The van der Waals surface area contributed by atoms with Crippen LogP contribution in [0.5, 0.6) is 0 Å². The third-order valence-corrected chi connectivity index (χ3v) is 7.32. The Hall–Kier alpha value is -5.29. The molecule has 4 aromatic rings. The van der Waals surface area contributed by atoms with Crippen LogP contribution in [0.15, 0.2) is 82.9 Å². The molecule has 0 aliphatic carbocycles. The van der Waals surface area contributed by atoms with Gasteiger partial charge in [0.15, 0.2) is 5.82 Å². The Morgan fingerprint density at radius 1 is 0.938 bits per heavy atom. The number of isocyanates is 1. The average molecular weight is 651 g/mol. The Labute approximate surface area is 279 Å². The molecule has 12 nitrogen and oxygen atoms in total. The molecule has 3 aromatic carbocycles. The number of carbonyl (C=O) groups excluding carboxylic acids is 2. The van der Waals surface area contributed by atoms with E-state index in [2.05, 4.69) is 31.2 Å². The van der Waals surface area contributed by atoms with E-state index >= 15 is 0 Å². The number of hydrogen-bond acceptors (Lipinski definition) is 10. The minimum Gasteiger partial charge on any atom is -0.459 e. The highest BCUT2D eigenvalue weighted by Gasteiger charge is 2.35. The van der Waals surface area contributed by atoms with Crippen LogP contribution in [0.4, 0.5) is 22.7 Å². The fourth-order valence-corrected chi connectivity index (χ4v) is 4.95. The van der Waals surface area contributed by atoms with Gasteiger partial charge in [-0.2, -0.15) is 9.90 Å². The van der Waals surface area contributed by atoms with Crippen molar-refractivity contribution in [2.75, 3.05) is 44.9 Å². The monoisotopic (exact) mass is 650 g/mol. The lowest BCUT2D eigenvalue weighted by Gasteiger charge is -2.18. The summed E-state index contributed by atoms with van der Waals surface area (Å²) >= 11 is 0. The summed E-state index contributed by atoms with van der Waals surface area (Å²) in [6.07, 6.45) is 1.94. The summed E-state index contributed by atoms with van der Waals surface area (Å²) in [6, 6.07) is 21.7. The highest BCUT2D eigenvalue weighted by molar-refractivity contribution is 6.50. The number of anilines is 1. The van der Waals surface area contributed by atoms with E-state index in [1.807, 2.05) is 44.2 Å². The predicted molar refractivity (Wildman–Crippen MR) is 186 cm³/mol.